The van der Waals surface area contributed by atoms with Crippen LogP contribution in [-0.4, -0.2) is 37.2 Å². The molecule has 1 aromatic heterocycles. The van der Waals surface area contributed by atoms with Crippen LogP contribution in [-0.2, 0) is 16.6 Å². The van der Waals surface area contributed by atoms with E-state index in [2.05, 4.69) is 4.57 Å². The number of nitrogens with zero attached hydrogens (tertiary/aromatic N) is 2. The van der Waals surface area contributed by atoms with E-state index in [0.717, 1.165) is 11.3 Å². The number of methoxy groups -OCH3 is 1. The van der Waals surface area contributed by atoms with Crippen LogP contribution in [0.5, 0.6) is 5.75 Å². The molecule has 0 spiro atoms. The van der Waals surface area contributed by atoms with Gasteiger partial charge in [0.25, 0.3) is 0 Å². The molecule has 0 aliphatic carbocycles. The summed E-state index contributed by atoms with van der Waals surface area (Å²) in [7, 11) is -1.70. The molecule has 1 atom stereocenters. The Morgan fingerprint density at radius 2 is 1.90 bits per heavy atom. The van der Waals surface area contributed by atoms with Crippen molar-refractivity contribution in [2.24, 2.45) is 0 Å². The SMILES string of the molecule is COc1ccccc1C1c2cccn2CCN1S(C)(=O)=O. The number of hydrogen-bond acceptors (Lipinski definition) is 3. The molecule has 0 saturated carbocycles. The van der Waals surface area contributed by atoms with Gasteiger partial charge in [-0.15, -0.1) is 0 Å². The zero-order chi connectivity index (χ0) is 15.0. The molecule has 5 nitrogen and oxygen atoms in total. The number of aromatic nitrogens is 1. The Labute approximate surface area is 124 Å². The van der Waals surface area contributed by atoms with E-state index < -0.39 is 10.0 Å². The number of ether oxygens (including phenoxy) is 1. The van der Waals surface area contributed by atoms with Crippen LogP contribution in [0.4, 0.5) is 0 Å². The zero-order valence-corrected chi connectivity index (χ0v) is 12.9. The highest BCUT2D eigenvalue weighted by Gasteiger charge is 2.35. The van der Waals surface area contributed by atoms with Gasteiger partial charge < -0.3 is 9.30 Å². The van der Waals surface area contributed by atoms with E-state index in [1.807, 2.05) is 42.6 Å². The van der Waals surface area contributed by atoms with Crippen molar-refractivity contribution in [3.05, 3.63) is 53.9 Å². The molecular formula is C15H18N2O3S. The summed E-state index contributed by atoms with van der Waals surface area (Å²) < 4.78 is 33.4. The lowest BCUT2D eigenvalue weighted by molar-refractivity contribution is 0.292. The van der Waals surface area contributed by atoms with E-state index >= 15 is 0 Å². The first-order chi connectivity index (χ1) is 10.0. The van der Waals surface area contributed by atoms with Crippen LogP contribution < -0.4 is 4.74 Å². The highest BCUT2D eigenvalue weighted by Crippen LogP contribution is 2.38. The van der Waals surface area contributed by atoms with E-state index in [4.69, 9.17) is 4.74 Å². The van der Waals surface area contributed by atoms with Crippen molar-refractivity contribution in [1.29, 1.82) is 0 Å². The predicted octanol–water partition coefficient (Wildman–Crippen LogP) is 1.86. The van der Waals surface area contributed by atoms with Crippen LogP contribution in [0, 0.1) is 0 Å². The van der Waals surface area contributed by atoms with Gasteiger partial charge in [0.15, 0.2) is 0 Å². The van der Waals surface area contributed by atoms with Crippen molar-refractivity contribution in [1.82, 2.24) is 8.87 Å². The normalized spacial score (nSPS) is 19.2. The summed E-state index contributed by atoms with van der Waals surface area (Å²) >= 11 is 0. The van der Waals surface area contributed by atoms with E-state index in [0.29, 0.717) is 18.8 Å². The van der Waals surface area contributed by atoms with E-state index in [-0.39, 0.29) is 6.04 Å². The molecular weight excluding hydrogens is 288 g/mol. The van der Waals surface area contributed by atoms with Gasteiger partial charge in [0.05, 0.1) is 19.4 Å². The van der Waals surface area contributed by atoms with Crippen molar-refractivity contribution in [2.75, 3.05) is 19.9 Å². The Balaban J connectivity index is 2.20. The average molecular weight is 306 g/mol. The van der Waals surface area contributed by atoms with Gasteiger partial charge in [-0.25, -0.2) is 8.42 Å². The molecule has 1 aromatic carbocycles. The summed E-state index contributed by atoms with van der Waals surface area (Å²) in [4.78, 5) is 0. The quantitative estimate of drug-likeness (QED) is 0.870. The van der Waals surface area contributed by atoms with Gasteiger partial charge in [-0.3, -0.25) is 0 Å². The Kier molecular flexibility index (Phi) is 3.51. The topological polar surface area (TPSA) is 51.5 Å². The van der Waals surface area contributed by atoms with Crippen LogP contribution in [0.1, 0.15) is 17.3 Å². The highest BCUT2D eigenvalue weighted by atomic mass is 32.2. The molecule has 2 heterocycles. The summed E-state index contributed by atoms with van der Waals surface area (Å²) in [5, 5.41) is 0. The second kappa shape index (κ2) is 5.20. The molecule has 0 saturated heterocycles. The minimum atomic E-state index is -3.30. The molecule has 2 aromatic rings. The Bertz CT molecular complexity index is 752. The smallest absolute Gasteiger partial charge is 0.212 e. The van der Waals surface area contributed by atoms with Crippen LogP contribution in [0.2, 0.25) is 0 Å². The second-order valence-electron chi connectivity index (χ2n) is 5.14. The fraction of sp³-hybridized carbons (Fsp3) is 0.333. The number of fused-ring (bicyclic) bond motifs is 1. The molecule has 0 bridgehead atoms. The second-order valence-corrected chi connectivity index (χ2v) is 7.08. The Morgan fingerprint density at radius 1 is 1.14 bits per heavy atom. The summed E-state index contributed by atoms with van der Waals surface area (Å²) in [6.45, 7) is 1.13. The third kappa shape index (κ3) is 2.45. The van der Waals surface area contributed by atoms with Gasteiger partial charge in [-0.05, 0) is 18.2 Å². The fourth-order valence-corrected chi connectivity index (χ4v) is 3.94. The zero-order valence-electron chi connectivity index (χ0n) is 12.1. The van der Waals surface area contributed by atoms with Gasteiger partial charge in [0.2, 0.25) is 10.0 Å². The standard InChI is InChI=1S/C15H18N2O3S/c1-20-14-8-4-3-6-12(14)15-13-7-5-9-16(13)10-11-17(15)21(2,18)19/h3-9,15H,10-11H2,1-2H3. The first-order valence-corrected chi connectivity index (χ1v) is 8.62. The Morgan fingerprint density at radius 3 is 2.62 bits per heavy atom. The molecule has 1 aliphatic heterocycles. The molecule has 0 fully saturated rings. The van der Waals surface area contributed by atoms with E-state index in [9.17, 15) is 8.42 Å². The van der Waals surface area contributed by atoms with E-state index in [1.54, 1.807) is 11.4 Å². The highest BCUT2D eigenvalue weighted by molar-refractivity contribution is 7.88. The minimum Gasteiger partial charge on any atom is -0.496 e. The molecule has 3 rings (SSSR count). The number of benzene rings is 1. The maximum atomic E-state index is 12.2. The number of para-hydroxylation sites is 1. The summed E-state index contributed by atoms with van der Waals surface area (Å²) in [5.74, 6) is 0.700. The van der Waals surface area contributed by atoms with E-state index in [1.165, 1.54) is 6.26 Å². The predicted molar refractivity (Wildman–Crippen MR) is 80.8 cm³/mol. The Hall–Kier alpha value is -1.79. The van der Waals surface area contributed by atoms with Crippen LogP contribution >= 0.6 is 0 Å². The average Bonchev–Trinajstić information content (AvgIpc) is 2.93. The van der Waals surface area contributed by atoms with Crippen molar-refractivity contribution in [2.45, 2.75) is 12.6 Å². The molecule has 1 unspecified atom stereocenters. The molecule has 0 radical (unpaired) electrons. The van der Waals surface area contributed by atoms with Gasteiger partial charge in [-0.1, -0.05) is 18.2 Å². The van der Waals surface area contributed by atoms with Gasteiger partial charge in [0, 0.05) is 30.5 Å². The third-order valence-corrected chi connectivity index (χ3v) is 5.10. The summed E-state index contributed by atoms with van der Waals surface area (Å²) in [6, 6.07) is 11.1. The van der Waals surface area contributed by atoms with Crippen molar-refractivity contribution in [3.63, 3.8) is 0 Å². The lowest BCUT2D eigenvalue weighted by atomic mass is 10.0. The summed E-state index contributed by atoms with van der Waals surface area (Å²) in [5.41, 5.74) is 1.83. The maximum Gasteiger partial charge on any atom is 0.212 e. The molecule has 21 heavy (non-hydrogen) atoms. The monoisotopic (exact) mass is 306 g/mol. The maximum absolute atomic E-state index is 12.2. The first kappa shape index (κ1) is 14.2. The minimum absolute atomic E-state index is 0.347. The molecule has 1 aliphatic rings. The molecule has 6 heteroatoms. The number of sulfonamides is 1. The molecule has 0 N–H and O–H groups in total. The van der Waals surface area contributed by atoms with Gasteiger partial charge in [0.1, 0.15) is 5.75 Å². The fourth-order valence-electron chi connectivity index (χ4n) is 2.93. The third-order valence-electron chi connectivity index (χ3n) is 3.85. The summed E-state index contributed by atoms with van der Waals surface area (Å²) in [6.07, 6.45) is 3.24. The van der Waals surface area contributed by atoms with Crippen molar-refractivity contribution in [3.8, 4) is 5.75 Å². The van der Waals surface area contributed by atoms with Crippen molar-refractivity contribution >= 4 is 10.0 Å². The first-order valence-electron chi connectivity index (χ1n) is 6.77. The van der Waals surface area contributed by atoms with Gasteiger partial charge >= 0.3 is 0 Å². The number of hydrogen-bond donors (Lipinski definition) is 0. The molecule has 112 valence electrons. The largest absolute Gasteiger partial charge is 0.496 e. The molecule has 0 amide bonds. The van der Waals surface area contributed by atoms with Gasteiger partial charge in [-0.2, -0.15) is 4.31 Å². The number of rotatable bonds is 3. The van der Waals surface area contributed by atoms with Crippen LogP contribution in [0.15, 0.2) is 42.6 Å². The van der Waals surface area contributed by atoms with Crippen molar-refractivity contribution < 1.29 is 13.2 Å². The lowest BCUT2D eigenvalue weighted by Gasteiger charge is -2.36. The van der Waals surface area contributed by atoms with Crippen LogP contribution in [0.25, 0.3) is 0 Å². The lowest BCUT2D eigenvalue weighted by Crippen LogP contribution is -2.41. The van der Waals surface area contributed by atoms with Crippen LogP contribution in [0.3, 0.4) is 0 Å².